The van der Waals surface area contributed by atoms with Crippen LogP contribution in [0.15, 0.2) is 0 Å². The molecule has 1 heterocycles. The molecule has 0 aromatic rings. The number of likely N-dealkylation sites (tertiary alicyclic amines) is 1. The first-order chi connectivity index (χ1) is 5.09. The van der Waals surface area contributed by atoms with E-state index in [1.807, 2.05) is 0 Å². The molecule has 3 nitrogen and oxygen atoms in total. The summed E-state index contributed by atoms with van der Waals surface area (Å²) in [5.41, 5.74) is 0. The van der Waals surface area contributed by atoms with Crippen molar-refractivity contribution in [3.8, 4) is 0 Å². The molecular formula is C8H18N2O. The van der Waals surface area contributed by atoms with Crippen molar-refractivity contribution in [2.75, 3.05) is 27.3 Å². The molecule has 0 spiro atoms. The summed E-state index contributed by atoms with van der Waals surface area (Å²) in [6, 6.07) is 0.535. The average Bonchev–Trinajstić information content (AvgIpc) is 2.09. The van der Waals surface area contributed by atoms with Crippen LogP contribution in [0.1, 0.15) is 13.3 Å². The van der Waals surface area contributed by atoms with E-state index in [4.69, 9.17) is 0 Å². The maximum absolute atomic E-state index is 9.32. The van der Waals surface area contributed by atoms with Crippen LogP contribution in [-0.4, -0.2) is 54.4 Å². The summed E-state index contributed by atoms with van der Waals surface area (Å²) in [4.78, 5) is 4.43. The number of β-amino-alcohol motifs (C(OH)–C–C–N with tert-alkyl or cyclic N) is 1. The summed E-state index contributed by atoms with van der Waals surface area (Å²) in [6.45, 7) is 3.96. The van der Waals surface area contributed by atoms with Gasteiger partial charge in [0.05, 0.1) is 12.8 Å². The van der Waals surface area contributed by atoms with Crippen LogP contribution in [0.2, 0.25) is 0 Å². The molecule has 3 heteroatoms. The lowest BCUT2D eigenvalue weighted by molar-refractivity contribution is 0.142. The summed E-state index contributed by atoms with van der Waals surface area (Å²) < 4.78 is 0. The van der Waals surface area contributed by atoms with Gasteiger partial charge < -0.3 is 5.11 Å². The van der Waals surface area contributed by atoms with E-state index >= 15 is 0 Å². The number of rotatable bonds is 2. The van der Waals surface area contributed by atoms with Gasteiger partial charge in [0.25, 0.3) is 0 Å². The molecule has 1 aliphatic rings. The summed E-state index contributed by atoms with van der Waals surface area (Å²) in [5, 5.41) is 9.32. The fourth-order valence-corrected chi connectivity index (χ4v) is 1.63. The first kappa shape index (κ1) is 8.97. The normalized spacial score (nSPS) is 33.5. The van der Waals surface area contributed by atoms with E-state index in [0.29, 0.717) is 6.04 Å². The van der Waals surface area contributed by atoms with E-state index in [-0.39, 0.29) is 6.10 Å². The van der Waals surface area contributed by atoms with Gasteiger partial charge in [-0.25, -0.2) is 0 Å². The molecular weight excluding hydrogens is 140 g/mol. The van der Waals surface area contributed by atoms with Gasteiger partial charge in [0, 0.05) is 12.6 Å². The maximum atomic E-state index is 9.32. The molecule has 2 atom stereocenters. The summed E-state index contributed by atoms with van der Waals surface area (Å²) in [6.07, 6.45) is 0.818. The van der Waals surface area contributed by atoms with Crippen LogP contribution in [0.4, 0.5) is 0 Å². The van der Waals surface area contributed by atoms with Gasteiger partial charge in [0.2, 0.25) is 0 Å². The molecule has 0 aromatic heterocycles. The number of aliphatic hydroxyl groups is 1. The zero-order chi connectivity index (χ0) is 8.43. The van der Waals surface area contributed by atoms with Crippen molar-refractivity contribution in [2.45, 2.75) is 25.5 Å². The number of nitrogens with zero attached hydrogens (tertiary/aromatic N) is 2. The Morgan fingerprint density at radius 2 is 2.18 bits per heavy atom. The molecule has 66 valence electrons. The highest BCUT2D eigenvalue weighted by molar-refractivity contribution is 4.80. The Morgan fingerprint density at radius 1 is 1.55 bits per heavy atom. The van der Waals surface area contributed by atoms with Crippen molar-refractivity contribution >= 4 is 0 Å². The molecule has 0 bridgehead atoms. The van der Waals surface area contributed by atoms with Crippen LogP contribution in [0.5, 0.6) is 0 Å². The van der Waals surface area contributed by atoms with Crippen molar-refractivity contribution in [1.29, 1.82) is 0 Å². The first-order valence-corrected chi connectivity index (χ1v) is 4.16. The predicted molar refractivity (Wildman–Crippen MR) is 45.3 cm³/mol. The van der Waals surface area contributed by atoms with E-state index in [9.17, 15) is 5.11 Å². The van der Waals surface area contributed by atoms with Crippen molar-refractivity contribution in [1.82, 2.24) is 9.80 Å². The van der Waals surface area contributed by atoms with Gasteiger partial charge in [0.1, 0.15) is 0 Å². The van der Waals surface area contributed by atoms with Crippen LogP contribution in [0.25, 0.3) is 0 Å². The maximum Gasteiger partial charge on any atom is 0.0682 e. The second-order valence-corrected chi connectivity index (χ2v) is 3.73. The van der Waals surface area contributed by atoms with Gasteiger partial charge in [-0.05, 0) is 27.4 Å². The van der Waals surface area contributed by atoms with Crippen LogP contribution in [-0.2, 0) is 0 Å². The van der Waals surface area contributed by atoms with E-state index in [0.717, 1.165) is 19.6 Å². The van der Waals surface area contributed by atoms with Crippen molar-refractivity contribution < 1.29 is 5.11 Å². The second kappa shape index (κ2) is 3.52. The monoisotopic (exact) mass is 158 g/mol. The molecule has 1 aliphatic heterocycles. The Labute approximate surface area is 68.6 Å². The van der Waals surface area contributed by atoms with E-state index in [1.165, 1.54) is 0 Å². The highest BCUT2D eigenvalue weighted by Crippen LogP contribution is 2.16. The van der Waals surface area contributed by atoms with Crippen LogP contribution >= 0.6 is 0 Å². The molecule has 0 saturated carbocycles. The third kappa shape index (κ3) is 2.43. The first-order valence-electron chi connectivity index (χ1n) is 4.16. The van der Waals surface area contributed by atoms with E-state index in [2.05, 4.69) is 30.8 Å². The highest BCUT2D eigenvalue weighted by atomic mass is 16.3. The van der Waals surface area contributed by atoms with Gasteiger partial charge in [-0.1, -0.05) is 0 Å². The van der Waals surface area contributed by atoms with Crippen LogP contribution in [0.3, 0.4) is 0 Å². The smallest absolute Gasteiger partial charge is 0.0682 e. The molecule has 1 rings (SSSR count). The predicted octanol–water partition coefficient (Wildman–Crippen LogP) is -0.0394. The fraction of sp³-hybridized carbons (Fsp3) is 1.00. The second-order valence-electron chi connectivity index (χ2n) is 3.73. The molecule has 1 saturated heterocycles. The van der Waals surface area contributed by atoms with Crippen LogP contribution < -0.4 is 0 Å². The van der Waals surface area contributed by atoms with Gasteiger partial charge in [-0.3, -0.25) is 9.80 Å². The summed E-state index contributed by atoms with van der Waals surface area (Å²) >= 11 is 0. The third-order valence-electron chi connectivity index (χ3n) is 2.15. The molecule has 0 amide bonds. The van der Waals surface area contributed by atoms with E-state index in [1.54, 1.807) is 0 Å². The molecule has 0 aromatic carbocycles. The summed E-state index contributed by atoms with van der Waals surface area (Å²) in [7, 11) is 4.11. The average molecular weight is 158 g/mol. The van der Waals surface area contributed by atoms with Crippen molar-refractivity contribution in [2.24, 2.45) is 0 Å². The largest absolute Gasteiger partial charge is 0.392 e. The molecule has 1 fully saturated rings. The lowest BCUT2D eigenvalue weighted by atomic mass is 10.2. The van der Waals surface area contributed by atoms with Gasteiger partial charge in [-0.2, -0.15) is 0 Å². The van der Waals surface area contributed by atoms with Gasteiger partial charge >= 0.3 is 0 Å². The Balaban J connectivity index is 2.34. The lowest BCUT2D eigenvalue weighted by Gasteiger charge is -2.24. The molecule has 0 aliphatic carbocycles. The quantitative estimate of drug-likeness (QED) is 0.611. The van der Waals surface area contributed by atoms with Crippen molar-refractivity contribution in [3.05, 3.63) is 0 Å². The number of hydrogen-bond acceptors (Lipinski definition) is 3. The molecule has 2 unspecified atom stereocenters. The lowest BCUT2D eigenvalue weighted by Crippen LogP contribution is -2.36. The topological polar surface area (TPSA) is 26.7 Å². The summed E-state index contributed by atoms with van der Waals surface area (Å²) in [5.74, 6) is 0. The molecule has 1 N–H and O–H groups in total. The SMILES string of the molecule is CC1CC(O)CN1CN(C)C. The Morgan fingerprint density at radius 3 is 2.55 bits per heavy atom. The Hall–Kier alpha value is -0.120. The third-order valence-corrected chi connectivity index (χ3v) is 2.15. The standard InChI is InChI=1S/C8H18N2O/c1-7-4-8(11)5-10(7)6-9(2)3/h7-8,11H,4-6H2,1-3H3. The zero-order valence-corrected chi connectivity index (χ0v) is 7.62. The van der Waals surface area contributed by atoms with Crippen molar-refractivity contribution in [3.63, 3.8) is 0 Å². The van der Waals surface area contributed by atoms with E-state index < -0.39 is 0 Å². The fourth-order valence-electron chi connectivity index (χ4n) is 1.63. The number of hydrogen-bond donors (Lipinski definition) is 1. The Bertz CT molecular complexity index is 127. The minimum Gasteiger partial charge on any atom is -0.392 e. The Kier molecular flexibility index (Phi) is 2.87. The minimum absolute atomic E-state index is 0.107. The number of aliphatic hydroxyl groups excluding tert-OH is 1. The van der Waals surface area contributed by atoms with Crippen LogP contribution in [0, 0.1) is 0 Å². The van der Waals surface area contributed by atoms with Gasteiger partial charge in [0.15, 0.2) is 0 Å². The minimum atomic E-state index is -0.107. The highest BCUT2D eigenvalue weighted by Gasteiger charge is 2.27. The zero-order valence-electron chi connectivity index (χ0n) is 7.62. The van der Waals surface area contributed by atoms with Gasteiger partial charge in [-0.15, -0.1) is 0 Å². The molecule has 0 radical (unpaired) electrons. The molecule has 11 heavy (non-hydrogen) atoms.